The van der Waals surface area contributed by atoms with E-state index in [4.69, 9.17) is 28.7 Å². The van der Waals surface area contributed by atoms with Crippen LogP contribution < -0.4 is 18.9 Å². The Balaban J connectivity index is 1.67. The van der Waals surface area contributed by atoms with Crippen molar-refractivity contribution in [2.45, 2.75) is 36.7 Å². The van der Waals surface area contributed by atoms with Gasteiger partial charge in [-0.3, -0.25) is 0 Å². The van der Waals surface area contributed by atoms with Gasteiger partial charge in [-0.15, -0.1) is 0 Å². The van der Waals surface area contributed by atoms with Crippen LogP contribution in [-0.2, 0) is 30.7 Å². The van der Waals surface area contributed by atoms with E-state index < -0.39 is 40.1 Å². The second-order valence-electron chi connectivity index (χ2n) is 11.2. The highest BCUT2D eigenvalue weighted by atomic mass is 32.2. The van der Waals surface area contributed by atoms with Gasteiger partial charge in [0.05, 0.1) is 37.8 Å². The quantitative estimate of drug-likeness (QED) is 0.198. The zero-order valence-corrected chi connectivity index (χ0v) is 28.0. The fraction of sp³-hybridized carbons (Fsp3) is 0.250. The van der Waals surface area contributed by atoms with Gasteiger partial charge in [0, 0.05) is 12.0 Å². The standard InChI is InChI=1S/C36H36N2O9S/c1-23-13-12-14-24(2)32(23)48(41,42)38-30(22-46-34(39)26-17-10-7-11-18-26)36(21-25-15-8-6-9-16-25)35(40)47-33(37-36)27-19-28(43-3)31(45-5)29(20-27)44-4/h6-20,30,38H,21-22H2,1-5H3/t30-,36+/m1/s1. The predicted molar refractivity (Wildman–Crippen MR) is 178 cm³/mol. The van der Waals surface area contributed by atoms with Crippen LogP contribution in [0.1, 0.15) is 32.6 Å². The maximum Gasteiger partial charge on any atom is 0.343 e. The van der Waals surface area contributed by atoms with E-state index in [0.717, 1.165) is 0 Å². The highest BCUT2D eigenvalue weighted by molar-refractivity contribution is 7.89. The van der Waals surface area contributed by atoms with Gasteiger partial charge in [-0.05, 0) is 54.8 Å². The molecule has 0 fully saturated rings. The lowest BCUT2D eigenvalue weighted by atomic mass is 9.85. The SMILES string of the molecule is COc1cc(C2=N[C@@](Cc3ccccc3)([C@@H](COC(=O)c3ccccc3)NS(=O)(=O)c3c(C)cccc3C)C(=O)O2)cc(OC)c1OC. The van der Waals surface area contributed by atoms with Crippen LogP contribution in [0.2, 0.25) is 0 Å². The Morgan fingerprint density at radius 1 is 0.854 bits per heavy atom. The Bertz CT molecular complexity index is 1900. The summed E-state index contributed by atoms with van der Waals surface area (Å²) >= 11 is 0. The number of nitrogens with one attached hydrogen (secondary N) is 1. The van der Waals surface area contributed by atoms with Gasteiger partial charge in [0.1, 0.15) is 6.61 Å². The first-order valence-electron chi connectivity index (χ1n) is 15.0. The topological polar surface area (TPSA) is 139 Å². The molecule has 0 radical (unpaired) electrons. The fourth-order valence-electron chi connectivity index (χ4n) is 5.67. The van der Waals surface area contributed by atoms with Crippen LogP contribution in [0, 0.1) is 13.8 Å². The van der Waals surface area contributed by atoms with Crippen LogP contribution in [0.3, 0.4) is 0 Å². The van der Waals surface area contributed by atoms with E-state index in [1.54, 1.807) is 98.8 Å². The fourth-order valence-corrected chi connectivity index (χ4v) is 7.41. The maximum atomic E-state index is 14.2. The average Bonchev–Trinajstić information content (AvgIpc) is 3.42. The number of hydrogen-bond acceptors (Lipinski definition) is 10. The normalized spacial score (nSPS) is 16.4. The lowest BCUT2D eigenvalue weighted by Crippen LogP contribution is -2.58. The van der Waals surface area contributed by atoms with Crippen molar-refractivity contribution in [3.8, 4) is 17.2 Å². The first-order valence-corrected chi connectivity index (χ1v) is 16.5. The molecule has 1 aliphatic rings. The number of aliphatic imine (C=N–C) groups is 1. The lowest BCUT2D eigenvalue weighted by molar-refractivity contribution is -0.140. The van der Waals surface area contributed by atoms with Crippen LogP contribution in [0.15, 0.2) is 101 Å². The Kier molecular flexibility index (Phi) is 10.2. The number of rotatable bonds is 13. The Labute approximate surface area is 279 Å². The number of cyclic esters (lactones) is 1. The zero-order valence-electron chi connectivity index (χ0n) is 27.2. The highest BCUT2D eigenvalue weighted by Crippen LogP contribution is 2.40. The molecule has 5 rings (SSSR count). The molecule has 2 atom stereocenters. The van der Waals surface area contributed by atoms with Gasteiger partial charge in [-0.1, -0.05) is 66.7 Å². The summed E-state index contributed by atoms with van der Waals surface area (Å²) in [6.45, 7) is 2.80. The molecule has 0 saturated heterocycles. The van der Waals surface area contributed by atoms with E-state index in [0.29, 0.717) is 28.0 Å². The summed E-state index contributed by atoms with van der Waals surface area (Å²) in [5, 5.41) is 0. The number of hydrogen-bond donors (Lipinski definition) is 1. The van der Waals surface area contributed by atoms with E-state index >= 15 is 0 Å². The Morgan fingerprint density at radius 3 is 2.00 bits per heavy atom. The van der Waals surface area contributed by atoms with Crippen molar-refractivity contribution in [1.82, 2.24) is 4.72 Å². The highest BCUT2D eigenvalue weighted by Gasteiger charge is 2.54. The first-order chi connectivity index (χ1) is 23.0. The van der Waals surface area contributed by atoms with Gasteiger partial charge < -0.3 is 23.7 Å². The maximum absolute atomic E-state index is 14.2. The Morgan fingerprint density at radius 2 is 1.44 bits per heavy atom. The van der Waals surface area contributed by atoms with E-state index in [9.17, 15) is 18.0 Å². The number of nitrogens with zero attached hydrogens (tertiary/aromatic N) is 1. The minimum Gasteiger partial charge on any atom is -0.493 e. The minimum absolute atomic E-state index is 0.0411. The smallest absolute Gasteiger partial charge is 0.343 e. The van der Waals surface area contributed by atoms with E-state index in [1.807, 2.05) is 6.07 Å². The molecule has 0 saturated carbocycles. The molecule has 4 aromatic rings. The largest absolute Gasteiger partial charge is 0.493 e. The zero-order chi connectivity index (χ0) is 34.5. The molecule has 0 amide bonds. The van der Waals surface area contributed by atoms with Gasteiger partial charge in [0.2, 0.25) is 21.7 Å². The summed E-state index contributed by atoms with van der Waals surface area (Å²) in [6, 6.07) is 24.0. The molecule has 0 bridgehead atoms. The van der Waals surface area contributed by atoms with Gasteiger partial charge in [0.25, 0.3) is 0 Å². The number of carbonyl (C=O) groups excluding carboxylic acids is 2. The Hall–Kier alpha value is -5.20. The molecular formula is C36H36N2O9S. The molecule has 0 unspecified atom stereocenters. The van der Waals surface area contributed by atoms with Crippen LogP contribution in [0.25, 0.3) is 0 Å². The molecule has 250 valence electrons. The summed E-state index contributed by atoms with van der Waals surface area (Å²) in [5.41, 5.74) is 0.296. The third-order valence-corrected chi connectivity index (χ3v) is 9.79. The molecule has 4 aromatic carbocycles. The summed E-state index contributed by atoms with van der Waals surface area (Å²) in [6.07, 6.45) is -0.0938. The van der Waals surface area contributed by atoms with Crippen LogP contribution in [0.4, 0.5) is 0 Å². The molecule has 48 heavy (non-hydrogen) atoms. The van der Waals surface area contributed by atoms with Gasteiger partial charge in [-0.2, -0.15) is 0 Å². The molecule has 0 aliphatic carbocycles. The van der Waals surface area contributed by atoms with Crippen molar-refractivity contribution in [2.24, 2.45) is 4.99 Å². The van der Waals surface area contributed by atoms with Crippen LogP contribution >= 0.6 is 0 Å². The van der Waals surface area contributed by atoms with Crippen LogP contribution in [0.5, 0.6) is 17.2 Å². The van der Waals surface area contributed by atoms with Gasteiger partial charge in [0.15, 0.2) is 17.0 Å². The number of methoxy groups -OCH3 is 3. The number of benzene rings is 4. The average molecular weight is 673 g/mol. The molecule has 1 N–H and O–H groups in total. The first kappa shape index (κ1) is 34.1. The number of aryl methyl sites for hydroxylation is 2. The van der Waals surface area contributed by atoms with Crippen molar-refractivity contribution < 1.29 is 41.7 Å². The molecule has 0 spiro atoms. The van der Waals surface area contributed by atoms with E-state index in [-0.39, 0.29) is 34.3 Å². The number of ether oxygens (including phenoxy) is 5. The van der Waals surface area contributed by atoms with Crippen molar-refractivity contribution in [1.29, 1.82) is 0 Å². The molecular weight excluding hydrogens is 636 g/mol. The molecule has 11 nitrogen and oxygen atoms in total. The molecule has 1 aliphatic heterocycles. The lowest BCUT2D eigenvalue weighted by Gasteiger charge is -2.32. The predicted octanol–water partition coefficient (Wildman–Crippen LogP) is 4.82. The van der Waals surface area contributed by atoms with Crippen molar-refractivity contribution >= 4 is 27.9 Å². The van der Waals surface area contributed by atoms with Gasteiger partial charge in [-0.25, -0.2) is 27.7 Å². The third-order valence-electron chi connectivity index (χ3n) is 8.01. The van der Waals surface area contributed by atoms with Crippen LogP contribution in [-0.4, -0.2) is 65.8 Å². The second kappa shape index (κ2) is 14.3. The van der Waals surface area contributed by atoms with E-state index in [2.05, 4.69) is 4.72 Å². The van der Waals surface area contributed by atoms with Crippen molar-refractivity contribution in [3.63, 3.8) is 0 Å². The minimum atomic E-state index is -4.31. The summed E-state index contributed by atoms with van der Waals surface area (Å²) in [4.78, 5) is 32.2. The van der Waals surface area contributed by atoms with Crippen molar-refractivity contribution in [2.75, 3.05) is 27.9 Å². The molecule has 1 heterocycles. The monoisotopic (exact) mass is 672 g/mol. The van der Waals surface area contributed by atoms with Gasteiger partial charge >= 0.3 is 11.9 Å². The number of esters is 2. The molecule has 0 aromatic heterocycles. The summed E-state index contributed by atoms with van der Waals surface area (Å²) in [7, 11) is 0.0422. The second-order valence-corrected chi connectivity index (χ2v) is 12.8. The third kappa shape index (κ3) is 6.90. The number of sulfonamides is 1. The van der Waals surface area contributed by atoms with E-state index in [1.165, 1.54) is 21.3 Å². The summed E-state index contributed by atoms with van der Waals surface area (Å²) in [5.74, 6) is -0.774. The summed E-state index contributed by atoms with van der Waals surface area (Å²) < 4.78 is 58.9. The van der Waals surface area contributed by atoms with Crippen molar-refractivity contribution in [3.05, 3.63) is 119 Å². The molecule has 12 heteroatoms. The number of carbonyl (C=O) groups is 2.